The zero-order chi connectivity index (χ0) is 17.5. The van der Waals surface area contributed by atoms with Gasteiger partial charge in [0.1, 0.15) is 12.6 Å². The lowest BCUT2D eigenvalue weighted by atomic mass is 9.95. The molecule has 6 nitrogen and oxygen atoms in total. The third kappa shape index (κ3) is 4.62. The standard InChI is InChI=1S/C17H20ClN3O3/c1-2-24-16(22)11-20-17(23)12-5-7-21(8-6-12)15-4-3-14(18)9-13(15)10-19/h3-4,9,12H,2,5-8,11H2,1H3,(H,20,23). The van der Waals surface area contributed by atoms with E-state index in [-0.39, 0.29) is 18.4 Å². The molecular weight excluding hydrogens is 330 g/mol. The highest BCUT2D eigenvalue weighted by molar-refractivity contribution is 6.30. The highest BCUT2D eigenvalue weighted by atomic mass is 35.5. The first kappa shape index (κ1) is 18.1. The smallest absolute Gasteiger partial charge is 0.325 e. The number of piperidine rings is 1. The average molecular weight is 350 g/mol. The van der Waals surface area contributed by atoms with Crippen LogP contribution in [0.4, 0.5) is 5.69 Å². The number of amides is 1. The van der Waals surface area contributed by atoms with Crippen molar-refractivity contribution >= 4 is 29.2 Å². The quantitative estimate of drug-likeness (QED) is 0.823. The largest absolute Gasteiger partial charge is 0.465 e. The molecule has 0 saturated carbocycles. The van der Waals surface area contributed by atoms with E-state index in [1.54, 1.807) is 19.1 Å². The van der Waals surface area contributed by atoms with Crippen LogP contribution in [0.2, 0.25) is 5.02 Å². The highest BCUT2D eigenvalue weighted by Crippen LogP contribution is 2.28. The number of nitrogens with zero attached hydrogens (tertiary/aromatic N) is 2. The van der Waals surface area contributed by atoms with Crippen LogP contribution in [0.1, 0.15) is 25.3 Å². The fraction of sp³-hybridized carbons (Fsp3) is 0.471. The van der Waals surface area contributed by atoms with Crippen molar-refractivity contribution in [3.05, 3.63) is 28.8 Å². The van der Waals surface area contributed by atoms with Crippen molar-refractivity contribution in [2.45, 2.75) is 19.8 Å². The van der Waals surface area contributed by atoms with Crippen LogP contribution in [-0.4, -0.2) is 38.1 Å². The second-order valence-electron chi connectivity index (χ2n) is 5.56. The molecule has 2 rings (SSSR count). The fourth-order valence-corrected chi connectivity index (χ4v) is 2.94. The maximum atomic E-state index is 12.1. The van der Waals surface area contributed by atoms with Gasteiger partial charge in [0.05, 0.1) is 17.9 Å². The van der Waals surface area contributed by atoms with Crippen molar-refractivity contribution in [2.24, 2.45) is 5.92 Å². The first-order chi connectivity index (χ1) is 11.5. The Labute approximate surface area is 146 Å². The van der Waals surface area contributed by atoms with Gasteiger partial charge in [-0.3, -0.25) is 9.59 Å². The predicted molar refractivity (Wildman–Crippen MR) is 90.7 cm³/mol. The number of hydrogen-bond donors (Lipinski definition) is 1. The van der Waals surface area contributed by atoms with E-state index in [9.17, 15) is 14.9 Å². The number of rotatable bonds is 5. The van der Waals surface area contributed by atoms with Crippen LogP contribution in [0.15, 0.2) is 18.2 Å². The molecular formula is C17H20ClN3O3. The number of nitrogens with one attached hydrogen (secondary N) is 1. The second kappa shape index (κ2) is 8.55. The zero-order valence-electron chi connectivity index (χ0n) is 13.5. The molecule has 0 radical (unpaired) electrons. The molecule has 1 N–H and O–H groups in total. The Hall–Kier alpha value is -2.26. The minimum Gasteiger partial charge on any atom is -0.465 e. The minimum atomic E-state index is -0.428. The van der Waals surface area contributed by atoms with Crippen molar-refractivity contribution in [3.8, 4) is 6.07 Å². The molecule has 0 atom stereocenters. The van der Waals surface area contributed by atoms with Crippen molar-refractivity contribution in [1.82, 2.24) is 5.32 Å². The number of benzene rings is 1. The summed E-state index contributed by atoms with van der Waals surface area (Å²) < 4.78 is 4.79. The molecule has 1 saturated heterocycles. The maximum Gasteiger partial charge on any atom is 0.325 e. The number of nitriles is 1. The summed E-state index contributed by atoms with van der Waals surface area (Å²) >= 11 is 5.92. The van der Waals surface area contributed by atoms with Gasteiger partial charge in [-0.25, -0.2) is 0 Å². The number of hydrogen-bond acceptors (Lipinski definition) is 5. The highest BCUT2D eigenvalue weighted by Gasteiger charge is 2.26. The Kier molecular flexibility index (Phi) is 6.44. The van der Waals surface area contributed by atoms with Crippen LogP contribution in [-0.2, 0) is 14.3 Å². The maximum absolute atomic E-state index is 12.1. The van der Waals surface area contributed by atoms with Gasteiger partial charge in [-0.15, -0.1) is 0 Å². The summed E-state index contributed by atoms with van der Waals surface area (Å²) in [6, 6.07) is 7.40. The van der Waals surface area contributed by atoms with E-state index >= 15 is 0 Å². The molecule has 0 bridgehead atoms. The van der Waals surface area contributed by atoms with Crippen LogP contribution < -0.4 is 10.2 Å². The number of esters is 1. The lowest BCUT2D eigenvalue weighted by Gasteiger charge is -2.33. The van der Waals surface area contributed by atoms with E-state index in [0.29, 0.717) is 43.1 Å². The van der Waals surface area contributed by atoms with Gasteiger partial charge in [-0.05, 0) is 38.0 Å². The molecule has 128 valence electrons. The zero-order valence-corrected chi connectivity index (χ0v) is 14.3. The molecule has 0 unspecified atom stereocenters. The number of anilines is 1. The van der Waals surface area contributed by atoms with Crippen LogP contribution in [0.3, 0.4) is 0 Å². The summed E-state index contributed by atoms with van der Waals surface area (Å²) in [4.78, 5) is 25.5. The topological polar surface area (TPSA) is 82.4 Å². The summed E-state index contributed by atoms with van der Waals surface area (Å²) in [7, 11) is 0. The van der Waals surface area contributed by atoms with Crippen LogP contribution in [0.25, 0.3) is 0 Å². The van der Waals surface area contributed by atoms with Gasteiger partial charge in [0.15, 0.2) is 0 Å². The van der Waals surface area contributed by atoms with Crippen molar-refractivity contribution in [1.29, 1.82) is 5.26 Å². The average Bonchev–Trinajstić information content (AvgIpc) is 2.60. The lowest BCUT2D eigenvalue weighted by molar-refractivity contribution is -0.143. The molecule has 1 aliphatic rings. The van der Waals surface area contributed by atoms with Crippen molar-refractivity contribution < 1.29 is 14.3 Å². The molecule has 0 spiro atoms. The number of halogens is 1. The lowest BCUT2D eigenvalue weighted by Crippen LogP contribution is -2.42. The van der Waals surface area contributed by atoms with Crippen molar-refractivity contribution in [2.75, 3.05) is 31.1 Å². The van der Waals surface area contributed by atoms with E-state index in [1.807, 2.05) is 6.07 Å². The van der Waals surface area contributed by atoms with E-state index in [1.165, 1.54) is 0 Å². The molecule has 1 aromatic carbocycles. The number of carbonyl (C=O) groups excluding carboxylic acids is 2. The summed E-state index contributed by atoms with van der Waals surface area (Å²) in [6.45, 7) is 3.28. The van der Waals surface area contributed by atoms with E-state index < -0.39 is 5.97 Å². The van der Waals surface area contributed by atoms with Gasteiger partial charge < -0.3 is 15.0 Å². The molecule has 1 heterocycles. The number of ether oxygens (including phenoxy) is 1. The van der Waals surface area contributed by atoms with Gasteiger partial charge in [0, 0.05) is 24.0 Å². The first-order valence-electron chi connectivity index (χ1n) is 7.93. The van der Waals surface area contributed by atoms with Gasteiger partial charge in [-0.1, -0.05) is 11.6 Å². The van der Waals surface area contributed by atoms with Gasteiger partial charge >= 0.3 is 5.97 Å². The molecule has 1 fully saturated rings. The number of carbonyl (C=O) groups is 2. The Bertz CT molecular complexity index is 649. The SMILES string of the molecule is CCOC(=O)CNC(=O)C1CCN(c2ccc(Cl)cc2C#N)CC1. The second-order valence-corrected chi connectivity index (χ2v) is 5.99. The Morgan fingerprint density at radius 1 is 1.42 bits per heavy atom. The third-order valence-corrected chi connectivity index (χ3v) is 4.23. The first-order valence-corrected chi connectivity index (χ1v) is 8.31. The third-order valence-electron chi connectivity index (χ3n) is 4.00. The van der Waals surface area contributed by atoms with Gasteiger partial charge in [0.2, 0.25) is 5.91 Å². The normalized spacial score (nSPS) is 14.8. The van der Waals surface area contributed by atoms with E-state index in [2.05, 4.69) is 16.3 Å². The van der Waals surface area contributed by atoms with Gasteiger partial charge in [-0.2, -0.15) is 5.26 Å². The predicted octanol–water partition coefficient (Wildman–Crippen LogP) is 2.11. The summed E-state index contributed by atoms with van der Waals surface area (Å²) in [5.74, 6) is -0.684. The van der Waals surface area contributed by atoms with E-state index in [0.717, 1.165) is 5.69 Å². The molecule has 1 amide bonds. The minimum absolute atomic E-state index is 0.0946. The Morgan fingerprint density at radius 2 is 2.12 bits per heavy atom. The van der Waals surface area contributed by atoms with Crippen LogP contribution in [0.5, 0.6) is 0 Å². The summed E-state index contributed by atoms with van der Waals surface area (Å²) in [5, 5.41) is 12.4. The van der Waals surface area contributed by atoms with Crippen LogP contribution in [0, 0.1) is 17.2 Å². The summed E-state index contributed by atoms with van der Waals surface area (Å²) in [5.41, 5.74) is 1.37. The Balaban J connectivity index is 1.88. The molecule has 1 aliphatic heterocycles. The monoisotopic (exact) mass is 349 g/mol. The molecule has 1 aromatic rings. The van der Waals surface area contributed by atoms with E-state index in [4.69, 9.17) is 16.3 Å². The molecule has 0 aromatic heterocycles. The Morgan fingerprint density at radius 3 is 2.75 bits per heavy atom. The molecule has 0 aliphatic carbocycles. The van der Waals surface area contributed by atoms with Gasteiger partial charge in [0.25, 0.3) is 0 Å². The molecule has 24 heavy (non-hydrogen) atoms. The summed E-state index contributed by atoms with van der Waals surface area (Å²) in [6.07, 6.45) is 1.34. The van der Waals surface area contributed by atoms with Crippen LogP contribution >= 0.6 is 11.6 Å². The molecule has 7 heteroatoms. The van der Waals surface area contributed by atoms with Crippen molar-refractivity contribution in [3.63, 3.8) is 0 Å². The fourth-order valence-electron chi connectivity index (χ4n) is 2.77.